The third kappa shape index (κ3) is 3.49. The summed E-state index contributed by atoms with van der Waals surface area (Å²) in [6.07, 6.45) is 2.25. The molecule has 2 aliphatic rings. The lowest BCUT2D eigenvalue weighted by Crippen LogP contribution is -2.59. The van der Waals surface area contributed by atoms with Gasteiger partial charge in [-0.05, 0) is 19.8 Å². The molecule has 1 saturated carbocycles. The number of hydrogen-bond donors (Lipinski definition) is 1. The molecular weight excluding hydrogens is 256 g/mol. The van der Waals surface area contributed by atoms with Crippen molar-refractivity contribution >= 4 is 11.8 Å². The van der Waals surface area contributed by atoms with Gasteiger partial charge in [0.1, 0.15) is 6.04 Å². The molecule has 2 amide bonds. The molecule has 0 aromatic heterocycles. The van der Waals surface area contributed by atoms with Crippen LogP contribution in [0.25, 0.3) is 0 Å². The maximum Gasteiger partial charge on any atom is 0.240 e. The first kappa shape index (κ1) is 15.3. The fourth-order valence-corrected chi connectivity index (χ4v) is 2.77. The van der Waals surface area contributed by atoms with Gasteiger partial charge in [0.2, 0.25) is 11.8 Å². The Morgan fingerprint density at radius 1 is 1.30 bits per heavy atom. The zero-order valence-corrected chi connectivity index (χ0v) is 12.8. The maximum absolute atomic E-state index is 12.4. The number of carbonyl (C=O) groups excluding carboxylic acids is 2. The second-order valence-corrected chi connectivity index (χ2v) is 5.83. The Morgan fingerprint density at radius 2 is 2.00 bits per heavy atom. The van der Waals surface area contributed by atoms with Gasteiger partial charge in [-0.25, -0.2) is 0 Å². The Labute approximate surface area is 121 Å². The van der Waals surface area contributed by atoms with Gasteiger partial charge in [0.05, 0.1) is 6.54 Å². The molecule has 6 heteroatoms. The smallest absolute Gasteiger partial charge is 0.240 e. The van der Waals surface area contributed by atoms with Crippen LogP contribution in [-0.2, 0) is 9.59 Å². The number of hydrogen-bond acceptors (Lipinski definition) is 4. The summed E-state index contributed by atoms with van der Waals surface area (Å²) in [5.74, 6) is 0.230. The van der Waals surface area contributed by atoms with E-state index in [0.29, 0.717) is 19.1 Å². The van der Waals surface area contributed by atoms with E-state index in [2.05, 4.69) is 5.32 Å². The SMILES string of the molecule is CCN(C(=O)CN1CCNCC1C(=O)N(C)C)C1CC1. The molecule has 2 rings (SSSR count). The molecule has 1 heterocycles. The average Bonchev–Trinajstić information content (AvgIpc) is 3.24. The summed E-state index contributed by atoms with van der Waals surface area (Å²) < 4.78 is 0. The molecule has 1 aliphatic heterocycles. The Bertz CT molecular complexity index is 368. The number of likely N-dealkylation sites (N-methyl/N-ethyl adjacent to an activating group) is 2. The van der Waals surface area contributed by atoms with E-state index in [-0.39, 0.29) is 17.9 Å². The molecule has 1 unspecified atom stereocenters. The van der Waals surface area contributed by atoms with E-state index in [4.69, 9.17) is 0 Å². The number of carbonyl (C=O) groups is 2. The summed E-state index contributed by atoms with van der Waals surface area (Å²) in [6.45, 7) is 5.35. The number of amides is 2. The molecule has 114 valence electrons. The topological polar surface area (TPSA) is 55.9 Å². The average molecular weight is 282 g/mol. The highest BCUT2D eigenvalue weighted by atomic mass is 16.2. The van der Waals surface area contributed by atoms with Gasteiger partial charge in [-0.15, -0.1) is 0 Å². The zero-order chi connectivity index (χ0) is 14.7. The van der Waals surface area contributed by atoms with Crippen LogP contribution in [0.2, 0.25) is 0 Å². The first-order chi connectivity index (χ1) is 9.54. The van der Waals surface area contributed by atoms with E-state index >= 15 is 0 Å². The molecule has 0 aromatic carbocycles. The lowest BCUT2D eigenvalue weighted by molar-refractivity contribution is -0.139. The van der Waals surface area contributed by atoms with Gasteiger partial charge in [0, 0.05) is 46.3 Å². The summed E-state index contributed by atoms with van der Waals surface area (Å²) in [4.78, 5) is 30.2. The van der Waals surface area contributed by atoms with Crippen LogP contribution in [0.15, 0.2) is 0 Å². The summed E-state index contributed by atoms with van der Waals surface area (Å²) in [7, 11) is 3.53. The lowest BCUT2D eigenvalue weighted by Gasteiger charge is -2.37. The van der Waals surface area contributed by atoms with Gasteiger partial charge in [0.15, 0.2) is 0 Å². The minimum absolute atomic E-state index is 0.0690. The Kier molecular flexibility index (Phi) is 4.99. The predicted octanol–water partition coefficient (Wildman–Crippen LogP) is -0.641. The first-order valence-electron chi connectivity index (χ1n) is 7.50. The quantitative estimate of drug-likeness (QED) is 0.729. The number of nitrogens with zero attached hydrogens (tertiary/aromatic N) is 3. The summed E-state index contributed by atoms with van der Waals surface area (Å²) in [5, 5.41) is 3.24. The third-order valence-electron chi connectivity index (χ3n) is 4.07. The van der Waals surface area contributed by atoms with Crippen LogP contribution < -0.4 is 5.32 Å². The molecular formula is C14H26N4O2. The van der Waals surface area contributed by atoms with Crippen LogP contribution in [0.5, 0.6) is 0 Å². The fourth-order valence-electron chi connectivity index (χ4n) is 2.77. The van der Waals surface area contributed by atoms with Gasteiger partial charge in [-0.3, -0.25) is 14.5 Å². The van der Waals surface area contributed by atoms with Crippen molar-refractivity contribution < 1.29 is 9.59 Å². The monoisotopic (exact) mass is 282 g/mol. The van der Waals surface area contributed by atoms with Crippen molar-refractivity contribution in [2.75, 3.05) is 46.8 Å². The molecule has 1 N–H and O–H groups in total. The van der Waals surface area contributed by atoms with Crippen LogP contribution >= 0.6 is 0 Å². The molecule has 0 spiro atoms. The molecule has 0 aromatic rings. The molecule has 1 saturated heterocycles. The molecule has 1 atom stereocenters. The highest BCUT2D eigenvalue weighted by Crippen LogP contribution is 2.26. The van der Waals surface area contributed by atoms with Crippen LogP contribution in [0.1, 0.15) is 19.8 Å². The van der Waals surface area contributed by atoms with E-state index in [1.807, 2.05) is 16.7 Å². The third-order valence-corrected chi connectivity index (χ3v) is 4.07. The lowest BCUT2D eigenvalue weighted by atomic mass is 10.1. The standard InChI is InChI=1S/C14H26N4O2/c1-4-18(11-5-6-11)13(19)10-17-8-7-15-9-12(17)14(20)16(2)3/h11-12,15H,4-10H2,1-3H3. The number of rotatable bonds is 5. The Morgan fingerprint density at radius 3 is 2.55 bits per heavy atom. The highest BCUT2D eigenvalue weighted by molar-refractivity contribution is 5.84. The van der Waals surface area contributed by atoms with E-state index in [1.54, 1.807) is 19.0 Å². The van der Waals surface area contributed by atoms with E-state index in [1.165, 1.54) is 0 Å². The number of piperazine rings is 1. The van der Waals surface area contributed by atoms with Gasteiger partial charge in [-0.2, -0.15) is 0 Å². The van der Waals surface area contributed by atoms with Gasteiger partial charge in [0.25, 0.3) is 0 Å². The van der Waals surface area contributed by atoms with Crippen molar-refractivity contribution in [2.45, 2.75) is 31.8 Å². The van der Waals surface area contributed by atoms with Crippen LogP contribution in [0.4, 0.5) is 0 Å². The Balaban J connectivity index is 1.97. The van der Waals surface area contributed by atoms with E-state index in [0.717, 1.165) is 32.5 Å². The normalized spacial score (nSPS) is 23.4. The van der Waals surface area contributed by atoms with Crippen LogP contribution in [-0.4, -0.2) is 85.4 Å². The molecule has 20 heavy (non-hydrogen) atoms. The second kappa shape index (κ2) is 6.54. The maximum atomic E-state index is 12.4. The van der Waals surface area contributed by atoms with E-state index in [9.17, 15) is 9.59 Å². The molecule has 6 nitrogen and oxygen atoms in total. The highest BCUT2D eigenvalue weighted by Gasteiger charge is 2.35. The summed E-state index contributed by atoms with van der Waals surface area (Å²) in [6, 6.07) is 0.221. The summed E-state index contributed by atoms with van der Waals surface area (Å²) >= 11 is 0. The van der Waals surface area contributed by atoms with Crippen molar-refractivity contribution in [3.05, 3.63) is 0 Å². The van der Waals surface area contributed by atoms with Gasteiger partial charge >= 0.3 is 0 Å². The molecule has 1 aliphatic carbocycles. The van der Waals surface area contributed by atoms with Crippen molar-refractivity contribution in [1.82, 2.24) is 20.0 Å². The van der Waals surface area contributed by atoms with Crippen molar-refractivity contribution in [3.63, 3.8) is 0 Å². The van der Waals surface area contributed by atoms with E-state index < -0.39 is 0 Å². The largest absolute Gasteiger partial charge is 0.347 e. The summed E-state index contributed by atoms with van der Waals surface area (Å²) in [5.41, 5.74) is 0. The minimum atomic E-state index is -0.222. The fraction of sp³-hybridized carbons (Fsp3) is 0.857. The second-order valence-electron chi connectivity index (χ2n) is 5.83. The molecule has 0 bridgehead atoms. The van der Waals surface area contributed by atoms with Crippen molar-refractivity contribution in [2.24, 2.45) is 0 Å². The van der Waals surface area contributed by atoms with Crippen LogP contribution in [0.3, 0.4) is 0 Å². The van der Waals surface area contributed by atoms with Gasteiger partial charge in [-0.1, -0.05) is 0 Å². The first-order valence-corrected chi connectivity index (χ1v) is 7.50. The number of nitrogens with one attached hydrogen (secondary N) is 1. The minimum Gasteiger partial charge on any atom is -0.347 e. The molecule has 2 fully saturated rings. The van der Waals surface area contributed by atoms with Gasteiger partial charge < -0.3 is 15.1 Å². The zero-order valence-electron chi connectivity index (χ0n) is 12.8. The Hall–Kier alpha value is -1.14. The molecule has 0 radical (unpaired) electrons. The predicted molar refractivity (Wildman–Crippen MR) is 77.3 cm³/mol. The van der Waals surface area contributed by atoms with Crippen LogP contribution in [0, 0.1) is 0 Å². The van der Waals surface area contributed by atoms with Crippen molar-refractivity contribution in [1.29, 1.82) is 0 Å². The van der Waals surface area contributed by atoms with Crippen molar-refractivity contribution in [3.8, 4) is 0 Å².